The van der Waals surface area contributed by atoms with Crippen molar-refractivity contribution < 1.29 is 13.2 Å². The molecular weight excluding hydrogens is 431 g/mol. The van der Waals surface area contributed by atoms with Crippen LogP contribution < -0.4 is 5.32 Å². The highest BCUT2D eigenvalue weighted by Gasteiger charge is 2.29. The van der Waals surface area contributed by atoms with E-state index < -0.39 is 11.7 Å². The molecule has 150 valence electrons. The highest BCUT2D eigenvalue weighted by molar-refractivity contribution is 9.10. The molecule has 0 spiro atoms. The summed E-state index contributed by atoms with van der Waals surface area (Å²) in [5.74, 6) is 1.51. The number of alkyl halides is 3. The van der Waals surface area contributed by atoms with Crippen molar-refractivity contribution in [2.45, 2.75) is 45.2 Å². The van der Waals surface area contributed by atoms with Crippen LogP contribution in [-0.2, 0) is 6.18 Å². The van der Waals surface area contributed by atoms with Crippen molar-refractivity contribution in [3.05, 3.63) is 52.5 Å². The minimum absolute atomic E-state index is 0.475. The Balaban J connectivity index is 0.000000271. The van der Waals surface area contributed by atoms with Crippen LogP contribution in [0.25, 0.3) is 11.0 Å². The molecule has 0 amide bonds. The zero-order valence-corrected chi connectivity index (χ0v) is 17.2. The normalized spacial score (nSPS) is 15.2. The van der Waals surface area contributed by atoms with Crippen LogP contribution in [0.4, 0.5) is 24.8 Å². The molecule has 28 heavy (non-hydrogen) atoms. The molecule has 0 aliphatic heterocycles. The van der Waals surface area contributed by atoms with Gasteiger partial charge in [-0.25, -0.2) is 4.98 Å². The predicted molar refractivity (Wildman–Crippen MR) is 111 cm³/mol. The van der Waals surface area contributed by atoms with Gasteiger partial charge >= 0.3 is 6.18 Å². The zero-order valence-electron chi connectivity index (χ0n) is 15.6. The van der Waals surface area contributed by atoms with E-state index >= 15 is 0 Å². The molecule has 1 aromatic heterocycles. The smallest absolute Gasteiger partial charge is 0.326 e. The Hall–Kier alpha value is -2.02. The van der Waals surface area contributed by atoms with Gasteiger partial charge in [0.05, 0.1) is 16.6 Å². The average molecular weight is 454 g/mol. The van der Waals surface area contributed by atoms with Crippen molar-refractivity contribution in [3.8, 4) is 0 Å². The molecule has 1 fully saturated rings. The van der Waals surface area contributed by atoms with Crippen molar-refractivity contribution in [2.24, 2.45) is 5.92 Å². The van der Waals surface area contributed by atoms with Crippen molar-refractivity contribution in [1.29, 1.82) is 0 Å². The average Bonchev–Trinajstić information content (AvgIpc) is 3.04. The van der Waals surface area contributed by atoms with Crippen LogP contribution in [0.5, 0.6) is 0 Å². The van der Waals surface area contributed by atoms with Crippen molar-refractivity contribution in [1.82, 2.24) is 9.97 Å². The van der Waals surface area contributed by atoms with Gasteiger partial charge in [0, 0.05) is 10.2 Å². The minimum Gasteiger partial charge on any atom is -0.326 e. The molecule has 7 heteroatoms. The second kappa shape index (κ2) is 8.99. The number of nitrogens with zero attached hydrogens (tertiary/aromatic N) is 1. The van der Waals surface area contributed by atoms with Gasteiger partial charge in [-0.3, -0.25) is 0 Å². The zero-order chi connectivity index (χ0) is 20.1. The molecule has 3 aromatic rings. The van der Waals surface area contributed by atoms with Gasteiger partial charge in [0.25, 0.3) is 0 Å². The van der Waals surface area contributed by atoms with E-state index in [2.05, 4.69) is 38.1 Å². The maximum Gasteiger partial charge on any atom is 0.416 e. The van der Waals surface area contributed by atoms with Crippen molar-refractivity contribution in [3.63, 3.8) is 0 Å². The Morgan fingerprint density at radius 3 is 2.29 bits per heavy atom. The van der Waals surface area contributed by atoms with Crippen LogP contribution in [0.15, 0.2) is 46.9 Å². The molecule has 0 atom stereocenters. The summed E-state index contributed by atoms with van der Waals surface area (Å²) in [7, 11) is 0. The third-order valence-corrected chi connectivity index (χ3v) is 5.31. The molecule has 3 nitrogen and oxygen atoms in total. The summed E-state index contributed by atoms with van der Waals surface area (Å²) in [6, 6.07) is 10.4. The van der Waals surface area contributed by atoms with Crippen molar-refractivity contribution >= 4 is 38.6 Å². The van der Waals surface area contributed by atoms with E-state index in [-0.39, 0.29) is 0 Å². The lowest BCUT2D eigenvalue weighted by Crippen LogP contribution is -2.04. The number of nitrogens with one attached hydrogen (secondary N) is 2. The van der Waals surface area contributed by atoms with E-state index in [1.807, 2.05) is 18.2 Å². The number of rotatable bonds is 2. The number of hydrogen-bond donors (Lipinski definition) is 2. The summed E-state index contributed by atoms with van der Waals surface area (Å²) in [6.07, 6.45) is 3.11. The molecule has 1 heterocycles. The highest BCUT2D eigenvalue weighted by atomic mass is 79.9. The second-order valence-corrected chi connectivity index (χ2v) is 8.11. The standard InChI is InChI=1S/C14H9BrF3N3.C7H14/c15-9-3-6-11-12(7-9)21-13(20-11)19-10-4-1-8(2-5-10)14(16,17)18;1-7-5-3-2-4-6-7/h1-7H,(H2,19,20,21);7H,2-6H2,1H3. The monoisotopic (exact) mass is 453 g/mol. The largest absolute Gasteiger partial charge is 0.416 e. The van der Waals surface area contributed by atoms with Gasteiger partial charge in [-0.05, 0) is 48.4 Å². The van der Waals surface area contributed by atoms with Crippen molar-refractivity contribution in [2.75, 3.05) is 5.32 Å². The molecule has 4 rings (SSSR count). The minimum atomic E-state index is -4.33. The van der Waals surface area contributed by atoms with Crippen LogP contribution in [0, 0.1) is 5.92 Å². The summed E-state index contributed by atoms with van der Waals surface area (Å²) < 4.78 is 38.4. The summed E-state index contributed by atoms with van der Waals surface area (Å²) in [5.41, 5.74) is 1.45. The van der Waals surface area contributed by atoms with Crippen LogP contribution in [0.1, 0.15) is 44.6 Å². The van der Waals surface area contributed by atoms with Gasteiger partial charge in [0.2, 0.25) is 5.95 Å². The van der Waals surface area contributed by atoms with E-state index in [4.69, 9.17) is 0 Å². The first kappa shape index (κ1) is 20.7. The number of fused-ring (bicyclic) bond motifs is 1. The predicted octanol–water partition coefficient (Wildman–Crippen LogP) is 7.67. The van der Waals surface area contributed by atoms with Gasteiger partial charge in [0.1, 0.15) is 0 Å². The first-order chi connectivity index (χ1) is 13.3. The SMILES string of the molecule is CC1CCCCC1.FC(F)(F)c1ccc(Nc2nc3ccc(Br)cc3[nH]2)cc1. The molecular formula is C21H23BrF3N3. The lowest BCUT2D eigenvalue weighted by molar-refractivity contribution is -0.137. The van der Waals surface area contributed by atoms with E-state index in [1.54, 1.807) is 0 Å². The van der Waals surface area contributed by atoms with Gasteiger partial charge in [-0.15, -0.1) is 0 Å². The quantitative estimate of drug-likeness (QED) is 0.417. The summed E-state index contributed by atoms with van der Waals surface area (Å²) in [4.78, 5) is 7.37. The molecule has 1 aliphatic rings. The van der Waals surface area contributed by atoms with E-state index in [1.165, 1.54) is 44.2 Å². The van der Waals surface area contributed by atoms with Crippen LogP contribution in [-0.4, -0.2) is 9.97 Å². The molecule has 0 saturated heterocycles. The van der Waals surface area contributed by atoms with Gasteiger partial charge in [0.15, 0.2) is 0 Å². The number of anilines is 2. The number of hydrogen-bond acceptors (Lipinski definition) is 2. The summed E-state index contributed by atoms with van der Waals surface area (Å²) in [5, 5.41) is 2.94. The second-order valence-electron chi connectivity index (χ2n) is 7.19. The molecule has 1 aliphatic carbocycles. The maximum absolute atomic E-state index is 12.5. The third kappa shape index (κ3) is 5.74. The van der Waals surface area contributed by atoms with Crippen LogP contribution >= 0.6 is 15.9 Å². The lowest BCUT2D eigenvalue weighted by Gasteiger charge is -2.15. The Labute approximate surface area is 170 Å². The molecule has 0 unspecified atom stereocenters. The number of imidazole rings is 1. The molecule has 0 bridgehead atoms. The molecule has 0 radical (unpaired) electrons. The number of halogens is 4. The topological polar surface area (TPSA) is 40.7 Å². The first-order valence-electron chi connectivity index (χ1n) is 9.41. The fraction of sp³-hybridized carbons (Fsp3) is 0.381. The number of aromatic amines is 1. The molecule has 2 N–H and O–H groups in total. The Morgan fingerprint density at radius 1 is 1.04 bits per heavy atom. The van der Waals surface area contributed by atoms with Crippen LogP contribution in [0.3, 0.4) is 0 Å². The van der Waals surface area contributed by atoms with Gasteiger partial charge in [-0.2, -0.15) is 13.2 Å². The Morgan fingerprint density at radius 2 is 1.71 bits per heavy atom. The number of aromatic nitrogens is 2. The van der Waals surface area contributed by atoms with E-state index in [0.29, 0.717) is 11.6 Å². The van der Waals surface area contributed by atoms with E-state index in [0.717, 1.165) is 33.6 Å². The first-order valence-corrected chi connectivity index (χ1v) is 10.2. The van der Waals surface area contributed by atoms with Gasteiger partial charge in [-0.1, -0.05) is 55.0 Å². The highest BCUT2D eigenvalue weighted by Crippen LogP contribution is 2.30. The summed E-state index contributed by atoms with van der Waals surface area (Å²) in [6.45, 7) is 2.36. The third-order valence-electron chi connectivity index (χ3n) is 4.81. The van der Waals surface area contributed by atoms with Gasteiger partial charge < -0.3 is 10.3 Å². The number of H-pyrrole nitrogens is 1. The Bertz CT molecular complexity index is 897. The number of benzene rings is 2. The Kier molecular flexibility index (Phi) is 6.65. The fourth-order valence-electron chi connectivity index (χ4n) is 3.23. The summed E-state index contributed by atoms with van der Waals surface area (Å²) >= 11 is 3.36. The maximum atomic E-state index is 12.5. The van der Waals surface area contributed by atoms with E-state index in [9.17, 15) is 13.2 Å². The molecule has 2 aromatic carbocycles. The fourth-order valence-corrected chi connectivity index (χ4v) is 3.59. The van der Waals surface area contributed by atoms with Crippen LogP contribution in [0.2, 0.25) is 0 Å². The molecule has 1 saturated carbocycles. The lowest BCUT2D eigenvalue weighted by atomic mass is 9.91.